The molecule has 2 N–H and O–H groups in total. The van der Waals surface area contributed by atoms with E-state index < -0.39 is 17.8 Å². The van der Waals surface area contributed by atoms with Crippen LogP contribution < -0.4 is 5.32 Å². The highest BCUT2D eigenvalue weighted by Crippen LogP contribution is 2.03. The van der Waals surface area contributed by atoms with Crippen molar-refractivity contribution in [1.29, 1.82) is 0 Å². The van der Waals surface area contributed by atoms with Crippen molar-refractivity contribution in [2.24, 2.45) is 0 Å². The molecule has 0 spiro atoms. The number of pyridine rings is 1. The van der Waals surface area contributed by atoms with E-state index in [1.165, 1.54) is 24.5 Å². The van der Waals surface area contributed by atoms with Crippen molar-refractivity contribution >= 4 is 11.9 Å². The van der Waals surface area contributed by atoms with Crippen LogP contribution >= 0.6 is 0 Å². The van der Waals surface area contributed by atoms with E-state index in [0.29, 0.717) is 5.69 Å². The number of amides is 1. The van der Waals surface area contributed by atoms with E-state index in [-0.39, 0.29) is 18.7 Å². The maximum absolute atomic E-state index is 13.2. The molecular formula is C11H10FN5O3. The first-order chi connectivity index (χ1) is 9.56. The van der Waals surface area contributed by atoms with Crippen LogP contribution in [-0.2, 0) is 17.9 Å². The van der Waals surface area contributed by atoms with E-state index in [4.69, 9.17) is 5.11 Å². The SMILES string of the molecule is O=C(O)Cn1cc(CNC(=O)c2cccnc2F)nn1. The summed E-state index contributed by atoms with van der Waals surface area (Å²) < 4.78 is 14.4. The normalized spacial score (nSPS) is 10.2. The van der Waals surface area contributed by atoms with Crippen LogP contribution in [0.3, 0.4) is 0 Å². The van der Waals surface area contributed by atoms with Crippen LogP contribution in [0, 0.1) is 5.95 Å². The van der Waals surface area contributed by atoms with Crippen LogP contribution in [0.1, 0.15) is 16.1 Å². The lowest BCUT2D eigenvalue weighted by Gasteiger charge is -2.02. The van der Waals surface area contributed by atoms with Crippen molar-refractivity contribution in [3.05, 3.63) is 41.7 Å². The molecule has 9 heteroatoms. The zero-order chi connectivity index (χ0) is 14.5. The van der Waals surface area contributed by atoms with Gasteiger partial charge < -0.3 is 10.4 Å². The summed E-state index contributed by atoms with van der Waals surface area (Å²) in [5.74, 6) is -2.55. The fourth-order valence-electron chi connectivity index (χ4n) is 1.46. The van der Waals surface area contributed by atoms with Crippen LogP contribution in [0.2, 0.25) is 0 Å². The van der Waals surface area contributed by atoms with Gasteiger partial charge in [-0.2, -0.15) is 4.39 Å². The van der Waals surface area contributed by atoms with Gasteiger partial charge in [-0.15, -0.1) is 5.10 Å². The Morgan fingerprint density at radius 3 is 2.95 bits per heavy atom. The first kappa shape index (κ1) is 13.6. The molecule has 0 fully saturated rings. The van der Waals surface area contributed by atoms with Gasteiger partial charge in [-0.25, -0.2) is 9.67 Å². The number of carboxylic acid groups (broad SMARTS) is 1. The van der Waals surface area contributed by atoms with Crippen molar-refractivity contribution in [2.45, 2.75) is 13.1 Å². The molecular weight excluding hydrogens is 269 g/mol. The van der Waals surface area contributed by atoms with Gasteiger partial charge in [0.05, 0.1) is 18.3 Å². The number of aliphatic carboxylic acids is 1. The van der Waals surface area contributed by atoms with E-state index in [9.17, 15) is 14.0 Å². The number of halogens is 1. The Kier molecular flexibility index (Phi) is 3.99. The average molecular weight is 279 g/mol. The summed E-state index contributed by atoms with van der Waals surface area (Å²) >= 11 is 0. The van der Waals surface area contributed by atoms with E-state index in [2.05, 4.69) is 20.6 Å². The minimum atomic E-state index is -1.05. The molecule has 104 valence electrons. The van der Waals surface area contributed by atoms with E-state index in [1.807, 2.05) is 0 Å². The summed E-state index contributed by atoms with van der Waals surface area (Å²) in [7, 11) is 0. The van der Waals surface area contributed by atoms with Gasteiger partial charge in [-0.05, 0) is 12.1 Å². The van der Waals surface area contributed by atoms with E-state index in [1.54, 1.807) is 0 Å². The number of aromatic nitrogens is 4. The van der Waals surface area contributed by atoms with Crippen molar-refractivity contribution < 1.29 is 19.1 Å². The zero-order valence-electron chi connectivity index (χ0n) is 10.2. The summed E-state index contributed by atoms with van der Waals surface area (Å²) in [6.45, 7) is -0.315. The summed E-state index contributed by atoms with van der Waals surface area (Å²) in [5.41, 5.74) is 0.189. The zero-order valence-corrected chi connectivity index (χ0v) is 10.2. The monoisotopic (exact) mass is 279 g/mol. The Balaban J connectivity index is 1.95. The number of rotatable bonds is 5. The molecule has 1 amide bonds. The van der Waals surface area contributed by atoms with Crippen LogP contribution in [0.5, 0.6) is 0 Å². The number of carboxylic acids is 1. The van der Waals surface area contributed by atoms with Crippen molar-refractivity contribution in [3.63, 3.8) is 0 Å². The quantitative estimate of drug-likeness (QED) is 0.735. The predicted molar refractivity (Wildman–Crippen MR) is 63.0 cm³/mol. The molecule has 8 nitrogen and oxygen atoms in total. The third-order valence-electron chi connectivity index (χ3n) is 2.32. The molecule has 0 aliphatic carbocycles. The highest BCUT2D eigenvalue weighted by atomic mass is 19.1. The highest BCUT2D eigenvalue weighted by Gasteiger charge is 2.12. The van der Waals surface area contributed by atoms with E-state index in [0.717, 1.165) is 4.68 Å². The largest absolute Gasteiger partial charge is 0.480 e. The van der Waals surface area contributed by atoms with Gasteiger partial charge in [-0.3, -0.25) is 9.59 Å². The summed E-state index contributed by atoms with van der Waals surface area (Å²) in [6.07, 6.45) is 2.62. The summed E-state index contributed by atoms with van der Waals surface area (Å²) in [5, 5.41) is 18.3. The number of nitrogens with zero attached hydrogens (tertiary/aromatic N) is 4. The van der Waals surface area contributed by atoms with Crippen LogP contribution in [-0.4, -0.2) is 37.0 Å². The molecule has 2 rings (SSSR count). The lowest BCUT2D eigenvalue weighted by atomic mass is 10.2. The van der Waals surface area contributed by atoms with Crippen LogP contribution in [0.25, 0.3) is 0 Å². The topological polar surface area (TPSA) is 110 Å². The van der Waals surface area contributed by atoms with Crippen molar-refractivity contribution in [1.82, 2.24) is 25.3 Å². The smallest absolute Gasteiger partial charge is 0.325 e. The van der Waals surface area contributed by atoms with Gasteiger partial charge >= 0.3 is 5.97 Å². The van der Waals surface area contributed by atoms with Gasteiger partial charge in [-0.1, -0.05) is 5.21 Å². The second kappa shape index (κ2) is 5.87. The first-order valence-corrected chi connectivity index (χ1v) is 5.56. The molecule has 0 aliphatic rings. The molecule has 0 saturated heterocycles. The number of carbonyl (C=O) groups excluding carboxylic acids is 1. The summed E-state index contributed by atoms with van der Waals surface area (Å²) in [6, 6.07) is 2.75. The number of carbonyl (C=O) groups is 2. The van der Waals surface area contributed by atoms with Crippen LogP contribution in [0.4, 0.5) is 4.39 Å². The Labute approximate surface area is 112 Å². The number of hydrogen-bond acceptors (Lipinski definition) is 5. The van der Waals surface area contributed by atoms with Crippen LogP contribution in [0.15, 0.2) is 24.5 Å². The maximum atomic E-state index is 13.2. The number of hydrogen-bond donors (Lipinski definition) is 2. The fraction of sp³-hybridized carbons (Fsp3) is 0.182. The summed E-state index contributed by atoms with van der Waals surface area (Å²) in [4.78, 5) is 25.5. The predicted octanol–water partition coefficient (Wildman–Crippen LogP) is -0.173. The fourth-order valence-corrected chi connectivity index (χ4v) is 1.46. The lowest BCUT2D eigenvalue weighted by molar-refractivity contribution is -0.137. The molecule has 2 aromatic rings. The molecule has 20 heavy (non-hydrogen) atoms. The van der Waals surface area contributed by atoms with Crippen molar-refractivity contribution in [3.8, 4) is 0 Å². The molecule has 0 saturated carbocycles. The maximum Gasteiger partial charge on any atom is 0.325 e. The molecule has 0 aromatic carbocycles. The second-order valence-corrected chi connectivity index (χ2v) is 3.83. The standard InChI is InChI=1S/C11H10FN5O3/c12-10-8(2-1-3-13-10)11(20)14-4-7-5-17(16-15-7)6-9(18)19/h1-3,5H,4,6H2,(H,14,20)(H,18,19). The Hall–Kier alpha value is -2.84. The third kappa shape index (κ3) is 3.34. The number of nitrogens with one attached hydrogen (secondary N) is 1. The molecule has 0 aliphatic heterocycles. The molecule has 2 aromatic heterocycles. The van der Waals surface area contributed by atoms with Gasteiger partial charge in [0.15, 0.2) is 0 Å². The Morgan fingerprint density at radius 2 is 2.25 bits per heavy atom. The molecule has 0 atom stereocenters. The minimum Gasteiger partial charge on any atom is -0.480 e. The molecule has 0 bridgehead atoms. The molecule has 2 heterocycles. The van der Waals surface area contributed by atoms with Crippen molar-refractivity contribution in [2.75, 3.05) is 0 Å². The Bertz CT molecular complexity index is 642. The lowest BCUT2D eigenvalue weighted by Crippen LogP contribution is -2.24. The first-order valence-electron chi connectivity index (χ1n) is 5.56. The molecule has 0 radical (unpaired) electrons. The van der Waals surface area contributed by atoms with Gasteiger partial charge in [0.25, 0.3) is 5.91 Å². The average Bonchev–Trinajstić information content (AvgIpc) is 2.83. The van der Waals surface area contributed by atoms with Gasteiger partial charge in [0, 0.05) is 6.20 Å². The Morgan fingerprint density at radius 1 is 1.45 bits per heavy atom. The second-order valence-electron chi connectivity index (χ2n) is 3.83. The van der Waals surface area contributed by atoms with E-state index >= 15 is 0 Å². The third-order valence-corrected chi connectivity index (χ3v) is 2.32. The minimum absolute atomic E-state index is 0.00673. The molecule has 0 unspecified atom stereocenters. The highest BCUT2D eigenvalue weighted by molar-refractivity contribution is 5.93. The van der Waals surface area contributed by atoms with Gasteiger partial charge in [0.2, 0.25) is 5.95 Å². The van der Waals surface area contributed by atoms with Gasteiger partial charge in [0.1, 0.15) is 12.2 Å².